The Morgan fingerprint density at radius 3 is 2.74 bits per heavy atom. The molecule has 8 nitrogen and oxygen atoms in total. The van der Waals surface area contributed by atoms with Crippen LogP contribution in [0, 0.1) is 5.92 Å². The lowest BCUT2D eigenvalue weighted by Gasteiger charge is -2.30. The number of carbonyl (C=O) groups is 1. The van der Waals surface area contributed by atoms with E-state index < -0.39 is 0 Å². The summed E-state index contributed by atoms with van der Waals surface area (Å²) >= 11 is 6.41. The second-order valence-corrected chi connectivity index (χ2v) is 10.0. The fourth-order valence-corrected chi connectivity index (χ4v) is 5.51. The predicted molar refractivity (Wildman–Crippen MR) is 139 cm³/mol. The second-order valence-electron chi connectivity index (χ2n) is 9.62. The van der Waals surface area contributed by atoms with Crippen molar-refractivity contribution in [3.63, 3.8) is 0 Å². The van der Waals surface area contributed by atoms with Crippen LogP contribution in [0.5, 0.6) is 5.75 Å². The van der Waals surface area contributed by atoms with Gasteiger partial charge in [0, 0.05) is 35.8 Å². The van der Waals surface area contributed by atoms with E-state index in [4.69, 9.17) is 16.3 Å². The lowest BCUT2D eigenvalue weighted by atomic mass is 9.90. The van der Waals surface area contributed by atoms with Crippen molar-refractivity contribution in [2.45, 2.75) is 51.1 Å². The molecule has 35 heavy (non-hydrogen) atoms. The molecule has 1 amide bonds. The van der Waals surface area contributed by atoms with Gasteiger partial charge in [0.05, 0.1) is 19.2 Å². The summed E-state index contributed by atoms with van der Waals surface area (Å²) in [6.45, 7) is 5.09. The van der Waals surface area contributed by atoms with Gasteiger partial charge < -0.3 is 25.3 Å². The Kier molecular flexibility index (Phi) is 7.11. The number of hydrogen-bond donors (Lipinski definition) is 3. The van der Waals surface area contributed by atoms with E-state index in [1.54, 1.807) is 13.3 Å². The third kappa shape index (κ3) is 5.38. The summed E-state index contributed by atoms with van der Waals surface area (Å²) in [6.07, 6.45) is 8.50. The summed E-state index contributed by atoms with van der Waals surface area (Å²) < 4.78 is 5.35. The van der Waals surface area contributed by atoms with Crippen molar-refractivity contribution in [2.24, 2.45) is 5.92 Å². The van der Waals surface area contributed by atoms with Crippen LogP contribution in [0.3, 0.4) is 0 Å². The van der Waals surface area contributed by atoms with Crippen LogP contribution in [0.4, 0.5) is 5.82 Å². The highest BCUT2D eigenvalue weighted by molar-refractivity contribution is 6.29. The number of fused-ring (bicyclic) bond motifs is 1. The van der Waals surface area contributed by atoms with Crippen molar-refractivity contribution < 1.29 is 9.53 Å². The molecule has 1 unspecified atom stereocenters. The number of likely N-dealkylation sites (tertiary alicyclic amines) is 1. The van der Waals surface area contributed by atoms with Crippen LogP contribution in [0.25, 0.3) is 22.2 Å². The van der Waals surface area contributed by atoms with Gasteiger partial charge in [0.15, 0.2) is 0 Å². The molecule has 9 heteroatoms. The van der Waals surface area contributed by atoms with Crippen molar-refractivity contribution in [1.29, 1.82) is 0 Å². The first-order valence-corrected chi connectivity index (χ1v) is 12.9. The fourth-order valence-electron chi connectivity index (χ4n) is 5.31. The minimum absolute atomic E-state index is 0.138. The summed E-state index contributed by atoms with van der Waals surface area (Å²) in [5.41, 5.74) is 2.76. The minimum atomic E-state index is 0.138. The molecule has 2 fully saturated rings. The summed E-state index contributed by atoms with van der Waals surface area (Å²) in [4.78, 5) is 27.2. The number of carbonyl (C=O) groups excluding carboxylic acids is 1. The van der Waals surface area contributed by atoms with Crippen molar-refractivity contribution in [3.8, 4) is 16.9 Å². The van der Waals surface area contributed by atoms with E-state index in [0.29, 0.717) is 16.9 Å². The molecular formula is C26H33ClN6O2. The van der Waals surface area contributed by atoms with Crippen molar-refractivity contribution >= 4 is 34.4 Å². The normalized spacial score (nSPS) is 22.9. The maximum absolute atomic E-state index is 12.7. The fraction of sp³-hybridized carbons (Fsp3) is 0.500. The number of rotatable bonds is 7. The quantitative estimate of drug-likeness (QED) is 0.418. The number of ether oxygens (including phenoxy) is 1. The Balaban J connectivity index is 1.21. The highest BCUT2D eigenvalue weighted by Crippen LogP contribution is 2.33. The molecule has 0 bridgehead atoms. The van der Waals surface area contributed by atoms with Crippen LogP contribution < -0.4 is 15.4 Å². The number of pyridine rings is 2. The Bertz CT molecular complexity index is 1190. The molecule has 0 aromatic carbocycles. The highest BCUT2D eigenvalue weighted by atomic mass is 35.5. The van der Waals surface area contributed by atoms with Crippen LogP contribution in [-0.2, 0) is 4.79 Å². The van der Waals surface area contributed by atoms with Gasteiger partial charge in [-0.25, -0.2) is 9.97 Å². The zero-order chi connectivity index (χ0) is 24.4. The SMILES string of the molecule is CCN1CCC(C(=O)NC2CCC(Nc3cc(-c4c[nH]c5ncc(OC)cc45)cc(Cl)n3)CC2)C1. The molecule has 1 atom stereocenters. The number of anilines is 1. The molecule has 5 rings (SSSR count). The van der Waals surface area contributed by atoms with Crippen molar-refractivity contribution in [2.75, 3.05) is 32.1 Å². The molecule has 1 aliphatic heterocycles. The Labute approximate surface area is 210 Å². The van der Waals surface area contributed by atoms with E-state index >= 15 is 0 Å². The number of halogens is 1. The number of amides is 1. The molecule has 1 aliphatic carbocycles. The largest absolute Gasteiger partial charge is 0.495 e. The minimum Gasteiger partial charge on any atom is -0.495 e. The molecule has 3 N–H and O–H groups in total. The van der Waals surface area contributed by atoms with Gasteiger partial charge in [0.2, 0.25) is 5.91 Å². The zero-order valence-electron chi connectivity index (χ0n) is 20.3. The van der Waals surface area contributed by atoms with Gasteiger partial charge in [-0.05, 0) is 69.0 Å². The molecular weight excluding hydrogens is 464 g/mol. The van der Waals surface area contributed by atoms with E-state index in [9.17, 15) is 4.79 Å². The standard InChI is InChI=1S/C26H33ClN6O2/c1-3-33-9-8-16(15-33)26(34)31-19-6-4-18(5-7-19)30-24-11-17(10-23(27)32-24)22-14-29-25-21(22)12-20(35-2)13-28-25/h10-14,16,18-19H,3-9,15H2,1-2H3,(H,28,29)(H,30,32)(H,31,34). The molecule has 1 saturated heterocycles. The average molecular weight is 497 g/mol. The van der Waals surface area contributed by atoms with Crippen molar-refractivity contribution in [1.82, 2.24) is 25.2 Å². The maximum atomic E-state index is 12.7. The summed E-state index contributed by atoms with van der Waals surface area (Å²) in [7, 11) is 1.63. The first-order chi connectivity index (χ1) is 17.0. The number of aromatic nitrogens is 3. The number of aromatic amines is 1. The topological polar surface area (TPSA) is 95.2 Å². The first kappa shape index (κ1) is 23.9. The monoisotopic (exact) mass is 496 g/mol. The molecule has 1 saturated carbocycles. The van der Waals surface area contributed by atoms with Crippen LogP contribution in [0.15, 0.2) is 30.6 Å². The van der Waals surface area contributed by atoms with Gasteiger partial charge in [-0.15, -0.1) is 0 Å². The zero-order valence-corrected chi connectivity index (χ0v) is 21.1. The average Bonchev–Trinajstić information content (AvgIpc) is 3.52. The number of nitrogens with zero attached hydrogens (tertiary/aromatic N) is 3. The third-order valence-electron chi connectivity index (χ3n) is 7.36. The molecule has 3 aromatic heterocycles. The molecule has 186 valence electrons. The molecule has 4 heterocycles. The van der Waals surface area contributed by atoms with Crippen LogP contribution in [0.1, 0.15) is 39.0 Å². The lowest BCUT2D eigenvalue weighted by molar-refractivity contribution is -0.125. The van der Waals surface area contributed by atoms with Crippen molar-refractivity contribution in [3.05, 3.63) is 35.7 Å². The van der Waals surface area contributed by atoms with Crippen LogP contribution >= 0.6 is 11.6 Å². The van der Waals surface area contributed by atoms with E-state index in [-0.39, 0.29) is 17.9 Å². The Morgan fingerprint density at radius 1 is 1.20 bits per heavy atom. The van der Waals surface area contributed by atoms with Gasteiger partial charge in [0.25, 0.3) is 0 Å². The van der Waals surface area contributed by atoms with Gasteiger partial charge in [0.1, 0.15) is 22.4 Å². The Morgan fingerprint density at radius 2 is 2.00 bits per heavy atom. The van der Waals surface area contributed by atoms with Gasteiger partial charge in [-0.3, -0.25) is 4.79 Å². The number of H-pyrrole nitrogens is 1. The first-order valence-electron chi connectivity index (χ1n) is 12.5. The smallest absolute Gasteiger partial charge is 0.224 e. The van der Waals surface area contributed by atoms with Gasteiger partial charge >= 0.3 is 0 Å². The van der Waals surface area contributed by atoms with Gasteiger partial charge in [-0.1, -0.05) is 18.5 Å². The van der Waals surface area contributed by atoms with E-state index in [1.165, 1.54) is 0 Å². The number of nitrogens with one attached hydrogen (secondary N) is 3. The molecule has 3 aromatic rings. The van der Waals surface area contributed by atoms with Crippen LogP contribution in [0.2, 0.25) is 5.15 Å². The predicted octanol–water partition coefficient (Wildman–Crippen LogP) is 4.47. The number of hydrogen-bond acceptors (Lipinski definition) is 6. The molecule has 2 aliphatic rings. The highest BCUT2D eigenvalue weighted by Gasteiger charge is 2.30. The van der Waals surface area contributed by atoms with Crippen LogP contribution in [-0.4, -0.2) is 64.6 Å². The van der Waals surface area contributed by atoms with E-state index in [1.807, 2.05) is 24.4 Å². The lowest BCUT2D eigenvalue weighted by Crippen LogP contribution is -2.43. The molecule has 0 spiro atoms. The van der Waals surface area contributed by atoms with E-state index in [2.05, 4.69) is 37.4 Å². The summed E-state index contributed by atoms with van der Waals surface area (Å²) in [6, 6.07) is 6.42. The Hall–Kier alpha value is -2.84. The number of methoxy groups -OCH3 is 1. The third-order valence-corrected chi connectivity index (χ3v) is 7.56. The molecule has 0 radical (unpaired) electrons. The second kappa shape index (κ2) is 10.4. The van der Waals surface area contributed by atoms with E-state index in [0.717, 1.165) is 79.7 Å². The summed E-state index contributed by atoms with van der Waals surface area (Å²) in [5, 5.41) is 8.28. The maximum Gasteiger partial charge on any atom is 0.224 e. The summed E-state index contributed by atoms with van der Waals surface area (Å²) in [5.74, 6) is 1.83. The van der Waals surface area contributed by atoms with Gasteiger partial charge in [-0.2, -0.15) is 0 Å².